The van der Waals surface area contributed by atoms with Gasteiger partial charge in [0.25, 0.3) is 0 Å². The molecule has 0 radical (unpaired) electrons. The summed E-state index contributed by atoms with van der Waals surface area (Å²) in [5.74, 6) is -1.37. The minimum absolute atomic E-state index is 0.110. The van der Waals surface area contributed by atoms with Gasteiger partial charge < -0.3 is 14.6 Å². The van der Waals surface area contributed by atoms with Crippen LogP contribution < -0.4 is 4.74 Å². The molecule has 0 heterocycles. The average Bonchev–Trinajstić information content (AvgIpc) is 2.39. The lowest BCUT2D eigenvalue weighted by atomic mass is 10.00. The summed E-state index contributed by atoms with van der Waals surface area (Å²) >= 11 is 3.12. The van der Waals surface area contributed by atoms with Gasteiger partial charge in [-0.25, -0.2) is 0 Å². The highest BCUT2D eigenvalue weighted by molar-refractivity contribution is 9.10. The number of unbranched alkanes of at least 4 members (excludes halogenated alkanes) is 1. The minimum atomic E-state index is -1.34. The van der Waals surface area contributed by atoms with Crippen LogP contribution in [0.2, 0.25) is 0 Å². The van der Waals surface area contributed by atoms with Crippen LogP contribution in [-0.4, -0.2) is 23.3 Å². The van der Waals surface area contributed by atoms with Gasteiger partial charge in [-0.1, -0.05) is 34.1 Å². The number of carbonyl (C=O) groups excluding carboxylic acids is 2. The molecule has 1 aromatic carbocycles. The van der Waals surface area contributed by atoms with E-state index in [0.29, 0.717) is 18.4 Å². The van der Waals surface area contributed by atoms with E-state index < -0.39 is 16.3 Å². The molecule has 1 atom stereocenters. The SMILES string of the molecule is CC(Br)(C(=O)O)c1ccccc1OC(=O)CCCC=O. The number of esters is 1. The van der Waals surface area contributed by atoms with Crippen molar-refractivity contribution in [2.75, 3.05) is 0 Å². The minimum Gasteiger partial charge on any atom is -0.480 e. The number of ether oxygens (including phenoxy) is 1. The van der Waals surface area contributed by atoms with Gasteiger partial charge in [0.15, 0.2) is 0 Å². The van der Waals surface area contributed by atoms with Crippen LogP contribution in [0.3, 0.4) is 0 Å². The van der Waals surface area contributed by atoms with Gasteiger partial charge in [-0.3, -0.25) is 9.59 Å². The summed E-state index contributed by atoms with van der Waals surface area (Å²) in [5.41, 5.74) is 0.358. The van der Waals surface area contributed by atoms with E-state index in [2.05, 4.69) is 15.9 Å². The zero-order chi connectivity index (χ0) is 15.2. The predicted octanol–water partition coefficient (Wildman–Crippen LogP) is 2.66. The lowest BCUT2D eigenvalue weighted by Crippen LogP contribution is -2.26. The van der Waals surface area contributed by atoms with Crippen LogP contribution in [0, 0.1) is 0 Å². The Labute approximate surface area is 125 Å². The van der Waals surface area contributed by atoms with Gasteiger partial charge in [-0.2, -0.15) is 0 Å². The standard InChI is InChI=1S/C14H15BrO5/c1-14(15,13(18)19)10-6-2-3-7-11(10)20-12(17)8-4-5-9-16/h2-3,6-7,9H,4-5,8H2,1H3,(H,18,19). The van der Waals surface area contributed by atoms with Crippen molar-refractivity contribution in [2.24, 2.45) is 0 Å². The molecule has 0 fully saturated rings. The van der Waals surface area contributed by atoms with Crippen LogP contribution in [-0.2, 0) is 18.7 Å². The maximum Gasteiger partial charge on any atom is 0.324 e. The number of halogens is 1. The zero-order valence-corrected chi connectivity index (χ0v) is 12.6. The van der Waals surface area contributed by atoms with E-state index in [-0.39, 0.29) is 12.2 Å². The Morgan fingerprint density at radius 2 is 2.05 bits per heavy atom. The van der Waals surface area contributed by atoms with Crippen LogP contribution in [0.5, 0.6) is 5.75 Å². The number of carboxylic acid groups (broad SMARTS) is 1. The molecule has 20 heavy (non-hydrogen) atoms. The van der Waals surface area contributed by atoms with Crippen molar-refractivity contribution in [3.8, 4) is 5.75 Å². The summed E-state index contributed by atoms with van der Waals surface area (Å²) < 4.78 is 3.84. The summed E-state index contributed by atoms with van der Waals surface area (Å²) in [6, 6.07) is 6.44. The molecule has 1 rings (SSSR count). The molecule has 108 valence electrons. The van der Waals surface area contributed by atoms with Crippen molar-refractivity contribution < 1.29 is 24.2 Å². The first-order chi connectivity index (χ1) is 9.39. The Kier molecular flexibility index (Phi) is 5.88. The number of benzene rings is 1. The quantitative estimate of drug-likeness (QED) is 0.271. The first-order valence-electron chi connectivity index (χ1n) is 6.05. The Bertz CT molecular complexity index is 510. The van der Waals surface area contributed by atoms with Crippen LogP contribution >= 0.6 is 15.9 Å². The van der Waals surface area contributed by atoms with Crippen molar-refractivity contribution in [1.29, 1.82) is 0 Å². The number of alkyl halides is 1. The largest absolute Gasteiger partial charge is 0.480 e. The van der Waals surface area contributed by atoms with Gasteiger partial charge in [0.1, 0.15) is 16.4 Å². The third-order valence-corrected chi connectivity index (χ3v) is 3.49. The fourth-order valence-electron chi connectivity index (χ4n) is 1.56. The van der Waals surface area contributed by atoms with Gasteiger partial charge in [-0.15, -0.1) is 0 Å². The summed E-state index contributed by atoms with van der Waals surface area (Å²) in [4.78, 5) is 33.1. The maximum absolute atomic E-state index is 11.6. The van der Waals surface area contributed by atoms with Crippen molar-refractivity contribution in [1.82, 2.24) is 0 Å². The Morgan fingerprint density at radius 1 is 1.40 bits per heavy atom. The molecule has 1 N–H and O–H groups in total. The molecule has 0 aliphatic rings. The van der Waals surface area contributed by atoms with Gasteiger partial charge in [-0.05, 0) is 19.4 Å². The molecule has 5 nitrogen and oxygen atoms in total. The van der Waals surface area contributed by atoms with Crippen molar-refractivity contribution in [2.45, 2.75) is 30.5 Å². The molecule has 0 spiro atoms. The van der Waals surface area contributed by atoms with E-state index >= 15 is 0 Å². The molecule has 6 heteroatoms. The topological polar surface area (TPSA) is 80.7 Å². The summed E-state index contributed by atoms with van der Waals surface area (Å²) in [6.45, 7) is 1.47. The monoisotopic (exact) mass is 342 g/mol. The first kappa shape index (κ1) is 16.4. The number of aldehydes is 1. The fraction of sp³-hybridized carbons (Fsp3) is 0.357. The molecule has 0 saturated heterocycles. The number of hydrogen-bond donors (Lipinski definition) is 1. The predicted molar refractivity (Wildman–Crippen MR) is 75.9 cm³/mol. The van der Waals surface area contributed by atoms with Gasteiger partial charge in [0, 0.05) is 18.4 Å². The number of hydrogen-bond acceptors (Lipinski definition) is 4. The van der Waals surface area contributed by atoms with Gasteiger partial charge >= 0.3 is 11.9 Å². The van der Waals surface area contributed by atoms with E-state index in [1.165, 1.54) is 13.0 Å². The zero-order valence-electron chi connectivity index (χ0n) is 11.0. The third-order valence-electron chi connectivity index (χ3n) is 2.72. The lowest BCUT2D eigenvalue weighted by molar-refractivity contribution is -0.140. The average molecular weight is 343 g/mol. The molecule has 0 amide bonds. The number of para-hydroxylation sites is 1. The maximum atomic E-state index is 11.6. The van der Waals surface area contributed by atoms with Crippen LogP contribution in [0.25, 0.3) is 0 Å². The Hall–Kier alpha value is -1.69. The van der Waals surface area contributed by atoms with E-state index in [4.69, 9.17) is 4.74 Å². The highest BCUT2D eigenvalue weighted by Crippen LogP contribution is 2.37. The normalized spacial score (nSPS) is 13.3. The van der Waals surface area contributed by atoms with Gasteiger partial charge in [0.2, 0.25) is 0 Å². The van der Waals surface area contributed by atoms with Crippen LogP contribution in [0.1, 0.15) is 31.7 Å². The Morgan fingerprint density at radius 3 is 2.65 bits per heavy atom. The third kappa shape index (κ3) is 4.16. The van der Waals surface area contributed by atoms with Crippen molar-refractivity contribution >= 4 is 34.2 Å². The first-order valence-corrected chi connectivity index (χ1v) is 6.85. The molecule has 0 aliphatic heterocycles. The van der Waals surface area contributed by atoms with Gasteiger partial charge in [0.05, 0.1) is 0 Å². The molecule has 0 aromatic heterocycles. The second kappa shape index (κ2) is 7.19. The van der Waals surface area contributed by atoms with E-state index in [1.54, 1.807) is 18.2 Å². The fourth-order valence-corrected chi connectivity index (χ4v) is 1.89. The van der Waals surface area contributed by atoms with E-state index in [9.17, 15) is 19.5 Å². The highest BCUT2D eigenvalue weighted by Gasteiger charge is 2.35. The molecule has 1 unspecified atom stereocenters. The highest BCUT2D eigenvalue weighted by atomic mass is 79.9. The smallest absolute Gasteiger partial charge is 0.324 e. The van der Waals surface area contributed by atoms with Crippen LogP contribution in [0.4, 0.5) is 0 Å². The number of aliphatic carboxylic acids is 1. The van der Waals surface area contributed by atoms with E-state index in [1.807, 2.05) is 0 Å². The summed E-state index contributed by atoms with van der Waals surface area (Å²) in [5, 5.41) is 9.20. The molecule has 0 bridgehead atoms. The van der Waals surface area contributed by atoms with E-state index in [0.717, 1.165) is 6.29 Å². The number of carboxylic acids is 1. The molecule has 0 aliphatic carbocycles. The Balaban J connectivity index is 2.89. The number of carbonyl (C=O) groups is 3. The summed E-state index contributed by atoms with van der Waals surface area (Å²) in [6.07, 6.45) is 1.55. The molecular formula is C14H15BrO5. The second-order valence-corrected chi connectivity index (χ2v) is 5.92. The molecule has 0 saturated carbocycles. The molecule has 1 aromatic rings. The van der Waals surface area contributed by atoms with Crippen molar-refractivity contribution in [3.05, 3.63) is 29.8 Å². The summed E-state index contributed by atoms with van der Waals surface area (Å²) in [7, 11) is 0. The van der Waals surface area contributed by atoms with Crippen LogP contribution in [0.15, 0.2) is 24.3 Å². The molecular weight excluding hydrogens is 328 g/mol. The van der Waals surface area contributed by atoms with Crippen molar-refractivity contribution in [3.63, 3.8) is 0 Å². The second-order valence-electron chi connectivity index (χ2n) is 4.34. The number of rotatable bonds is 7. The lowest BCUT2D eigenvalue weighted by Gasteiger charge is -2.20.